The van der Waals surface area contributed by atoms with E-state index < -0.39 is 12.6 Å². The zero-order valence-corrected chi connectivity index (χ0v) is 14.1. The fraction of sp³-hybridized carbons (Fsp3) is 0.375. The summed E-state index contributed by atoms with van der Waals surface area (Å²) >= 11 is 0. The number of aromatic nitrogens is 4. The van der Waals surface area contributed by atoms with Gasteiger partial charge in [-0.05, 0) is 6.07 Å². The lowest BCUT2D eigenvalue weighted by atomic mass is 10.1. The number of ether oxygens (including phenoxy) is 2. The van der Waals surface area contributed by atoms with E-state index >= 15 is 0 Å². The molecule has 2 aromatic heterocycles. The van der Waals surface area contributed by atoms with Crippen molar-refractivity contribution in [2.45, 2.75) is 5.97 Å². The minimum Gasteiger partial charge on any atom is -0.404 e. The van der Waals surface area contributed by atoms with E-state index in [2.05, 4.69) is 20.1 Å². The maximum Gasteiger partial charge on any atom is 0.348 e. The molecule has 0 spiro atoms. The van der Waals surface area contributed by atoms with Crippen LogP contribution in [0, 0.1) is 0 Å². The molecule has 1 aliphatic rings. The molecule has 1 aliphatic heterocycles. The lowest BCUT2D eigenvalue weighted by Gasteiger charge is -2.27. The number of rotatable bonds is 5. The molecule has 4 rings (SSSR count). The molecule has 0 radical (unpaired) electrons. The number of anilines is 1. The number of hydrogen-bond donors (Lipinski definition) is 3. The summed E-state index contributed by atoms with van der Waals surface area (Å²) in [6.45, 7) is 1.09. The van der Waals surface area contributed by atoms with E-state index in [9.17, 15) is 10.2 Å². The molecule has 0 atom stereocenters. The van der Waals surface area contributed by atoms with Crippen LogP contribution in [-0.4, -0.2) is 74.3 Å². The van der Waals surface area contributed by atoms with Gasteiger partial charge in [-0.2, -0.15) is 15.0 Å². The Hall–Kier alpha value is -2.86. The molecular weight excluding hydrogens is 358 g/mol. The van der Waals surface area contributed by atoms with Gasteiger partial charge >= 0.3 is 12.0 Å². The van der Waals surface area contributed by atoms with Gasteiger partial charge in [0.05, 0.1) is 24.8 Å². The molecule has 3 N–H and O–H groups in total. The minimum atomic E-state index is -2.82. The van der Waals surface area contributed by atoms with Crippen molar-refractivity contribution in [1.82, 2.24) is 20.1 Å². The molecule has 3 heterocycles. The Bertz CT molecular complexity index is 940. The van der Waals surface area contributed by atoms with Gasteiger partial charge in [0.25, 0.3) is 0 Å². The fourth-order valence-corrected chi connectivity index (χ4v) is 2.68. The number of benzene rings is 1. The molecule has 0 aliphatic carbocycles. The van der Waals surface area contributed by atoms with Crippen LogP contribution in [0.2, 0.25) is 0 Å². The first kappa shape index (κ1) is 17.5. The van der Waals surface area contributed by atoms with Crippen molar-refractivity contribution in [1.29, 1.82) is 0 Å². The average molecular weight is 375 g/mol. The van der Waals surface area contributed by atoms with Crippen LogP contribution in [0.3, 0.4) is 0 Å². The van der Waals surface area contributed by atoms with Gasteiger partial charge in [-0.3, -0.25) is 0 Å². The quantitative estimate of drug-likeness (QED) is 0.497. The van der Waals surface area contributed by atoms with Crippen molar-refractivity contribution in [3.8, 4) is 17.4 Å². The predicted molar refractivity (Wildman–Crippen MR) is 90.7 cm³/mol. The van der Waals surface area contributed by atoms with E-state index in [0.717, 1.165) is 0 Å². The van der Waals surface area contributed by atoms with Gasteiger partial charge in [-0.25, -0.2) is 0 Å². The summed E-state index contributed by atoms with van der Waals surface area (Å²) in [5, 5.41) is 32.7. The number of aliphatic hydroxyl groups excluding tert-OH is 1. The molecule has 3 aromatic rings. The van der Waals surface area contributed by atoms with Gasteiger partial charge in [0.15, 0.2) is 11.4 Å². The molecule has 1 saturated heterocycles. The van der Waals surface area contributed by atoms with Crippen LogP contribution >= 0.6 is 0 Å². The molecule has 0 saturated carbocycles. The highest BCUT2D eigenvalue weighted by Crippen LogP contribution is 2.28. The maximum absolute atomic E-state index is 9.60. The summed E-state index contributed by atoms with van der Waals surface area (Å²) in [4.78, 5) is 14.6. The zero-order chi connectivity index (χ0) is 18.9. The summed E-state index contributed by atoms with van der Waals surface area (Å²) < 4.78 is 15.4. The summed E-state index contributed by atoms with van der Waals surface area (Å²) in [6.07, 6.45) is 1.54. The Labute approximate surface area is 152 Å². The van der Waals surface area contributed by atoms with Crippen LogP contribution in [0.15, 0.2) is 28.9 Å². The third-order valence-electron chi connectivity index (χ3n) is 4.00. The fourth-order valence-electron chi connectivity index (χ4n) is 2.68. The van der Waals surface area contributed by atoms with Gasteiger partial charge in [-0.15, -0.1) is 0 Å². The highest BCUT2D eigenvalue weighted by atomic mass is 16.8. The largest absolute Gasteiger partial charge is 0.404 e. The molecule has 0 unspecified atom stereocenters. The molecule has 11 heteroatoms. The second-order valence-corrected chi connectivity index (χ2v) is 5.89. The van der Waals surface area contributed by atoms with E-state index in [-0.39, 0.29) is 11.8 Å². The van der Waals surface area contributed by atoms with Gasteiger partial charge in [0.1, 0.15) is 6.61 Å². The first-order valence-electron chi connectivity index (χ1n) is 8.23. The Morgan fingerprint density at radius 2 is 1.96 bits per heavy atom. The molecule has 1 fully saturated rings. The second-order valence-electron chi connectivity index (χ2n) is 5.89. The van der Waals surface area contributed by atoms with Crippen molar-refractivity contribution in [2.24, 2.45) is 0 Å². The van der Waals surface area contributed by atoms with Crippen LogP contribution in [-0.2, 0) is 4.74 Å². The Morgan fingerprint density at radius 1 is 1.15 bits per heavy atom. The van der Waals surface area contributed by atoms with Crippen molar-refractivity contribution in [2.75, 3.05) is 37.8 Å². The van der Waals surface area contributed by atoms with Crippen LogP contribution < -0.4 is 9.64 Å². The predicted octanol–water partition coefficient (Wildman–Crippen LogP) is -0.474. The highest BCUT2D eigenvalue weighted by Gasteiger charge is 2.28. The molecule has 1 aromatic carbocycles. The van der Waals surface area contributed by atoms with Crippen molar-refractivity contribution >= 4 is 16.9 Å². The maximum atomic E-state index is 9.60. The highest BCUT2D eigenvalue weighted by molar-refractivity contribution is 5.91. The topological polar surface area (TPSA) is 147 Å². The molecule has 0 amide bonds. The lowest BCUT2D eigenvalue weighted by molar-refractivity contribution is -0.310. The second kappa shape index (κ2) is 7.04. The third kappa shape index (κ3) is 3.66. The normalized spacial score (nSPS) is 15.3. The van der Waals surface area contributed by atoms with E-state index in [1.807, 2.05) is 4.90 Å². The third-order valence-corrected chi connectivity index (χ3v) is 4.00. The van der Waals surface area contributed by atoms with Gasteiger partial charge in [0, 0.05) is 18.7 Å². The van der Waals surface area contributed by atoms with Gasteiger partial charge in [0.2, 0.25) is 5.95 Å². The first-order chi connectivity index (χ1) is 13.1. The Morgan fingerprint density at radius 3 is 2.74 bits per heavy atom. The zero-order valence-electron chi connectivity index (χ0n) is 14.1. The van der Waals surface area contributed by atoms with Crippen molar-refractivity contribution in [3.05, 3.63) is 24.4 Å². The monoisotopic (exact) mass is 375 g/mol. The van der Waals surface area contributed by atoms with E-state index in [4.69, 9.17) is 19.1 Å². The SMILES string of the molecule is OCC(O)(O)Oc1nc(-c2cccc3oncc23)nc(N2CCOCC2)n1. The summed E-state index contributed by atoms with van der Waals surface area (Å²) in [6, 6.07) is 4.95. The molecule has 142 valence electrons. The molecule has 11 nitrogen and oxygen atoms in total. The number of hydrogen-bond acceptors (Lipinski definition) is 11. The van der Waals surface area contributed by atoms with Crippen LogP contribution in [0.1, 0.15) is 0 Å². The number of fused-ring (bicyclic) bond motifs is 1. The summed E-state index contributed by atoms with van der Waals surface area (Å²) in [7, 11) is 0. The lowest BCUT2D eigenvalue weighted by Crippen LogP contribution is -2.41. The van der Waals surface area contributed by atoms with Crippen molar-refractivity contribution in [3.63, 3.8) is 0 Å². The van der Waals surface area contributed by atoms with Crippen molar-refractivity contribution < 1.29 is 29.3 Å². The Balaban J connectivity index is 1.81. The smallest absolute Gasteiger partial charge is 0.348 e. The van der Waals surface area contributed by atoms with E-state index in [0.29, 0.717) is 48.8 Å². The first-order valence-corrected chi connectivity index (χ1v) is 8.23. The average Bonchev–Trinajstić information content (AvgIpc) is 3.17. The van der Waals surface area contributed by atoms with Gasteiger partial charge < -0.3 is 34.2 Å². The van der Waals surface area contributed by atoms with Crippen LogP contribution in [0.5, 0.6) is 6.01 Å². The minimum absolute atomic E-state index is 0.240. The van der Waals surface area contributed by atoms with Crippen LogP contribution in [0.25, 0.3) is 22.4 Å². The molecule has 0 bridgehead atoms. The number of aliphatic hydroxyl groups is 3. The van der Waals surface area contributed by atoms with E-state index in [1.54, 1.807) is 24.4 Å². The van der Waals surface area contributed by atoms with Gasteiger partial charge in [-0.1, -0.05) is 17.3 Å². The standard InChI is InChI=1S/C16H17N5O6/c22-9-16(23,24)26-15-19-13(10-2-1-3-12-11(10)8-17-27-12)18-14(20-15)21-4-6-25-7-5-21/h1-3,8,22-24H,4-7,9H2. The van der Waals surface area contributed by atoms with Crippen LogP contribution in [0.4, 0.5) is 5.95 Å². The summed E-state index contributed by atoms with van der Waals surface area (Å²) in [5.74, 6) is -2.28. The summed E-state index contributed by atoms with van der Waals surface area (Å²) in [5.41, 5.74) is 1.17. The number of morpholine rings is 1. The molecule has 27 heavy (non-hydrogen) atoms. The number of nitrogens with zero attached hydrogens (tertiary/aromatic N) is 5. The van der Waals surface area contributed by atoms with E-state index in [1.165, 1.54) is 0 Å². The molecular formula is C16H17N5O6. The Kier molecular flexibility index (Phi) is 4.58.